The van der Waals surface area contributed by atoms with Crippen LogP contribution in [0.15, 0.2) is 68.7 Å². The zero-order chi connectivity index (χ0) is 28.7. The van der Waals surface area contributed by atoms with Crippen molar-refractivity contribution in [3.63, 3.8) is 0 Å². The number of hydrogen-bond donors (Lipinski definition) is 2. The number of nitrogens with one attached hydrogen (secondary N) is 2. The molecular formula is C27H24F3N3O5S. The number of aryl methyl sites for hydroxylation is 3. The number of sulfone groups is 1. The number of pyridine rings is 1. The lowest BCUT2D eigenvalue weighted by Crippen LogP contribution is -2.33. The van der Waals surface area contributed by atoms with Crippen LogP contribution in [-0.2, 0) is 16.0 Å². The van der Waals surface area contributed by atoms with Crippen LogP contribution < -0.4 is 10.9 Å². The summed E-state index contributed by atoms with van der Waals surface area (Å²) < 4.78 is 69.8. The van der Waals surface area contributed by atoms with Gasteiger partial charge in [0.2, 0.25) is 5.89 Å². The molecule has 4 aromatic rings. The maximum atomic E-state index is 13.5. The van der Waals surface area contributed by atoms with E-state index in [1.807, 2.05) is 0 Å². The number of benzene rings is 2. The highest BCUT2D eigenvalue weighted by Crippen LogP contribution is 2.33. The summed E-state index contributed by atoms with van der Waals surface area (Å²) in [5.74, 6) is -0.116. The predicted molar refractivity (Wildman–Crippen MR) is 137 cm³/mol. The van der Waals surface area contributed by atoms with E-state index in [0.717, 1.165) is 18.4 Å². The maximum absolute atomic E-state index is 13.5. The summed E-state index contributed by atoms with van der Waals surface area (Å²) in [5.41, 5.74) is -0.183. The van der Waals surface area contributed by atoms with Crippen LogP contribution in [0.25, 0.3) is 11.5 Å². The van der Waals surface area contributed by atoms with Crippen molar-refractivity contribution in [2.24, 2.45) is 0 Å². The Bertz CT molecular complexity index is 1700. The van der Waals surface area contributed by atoms with Gasteiger partial charge in [0, 0.05) is 11.9 Å². The summed E-state index contributed by atoms with van der Waals surface area (Å²) >= 11 is 0. The fraction of sp³-hybridized carbons (Fsp3) is 0.222. The van der Waals surface area contributed by atoms with E-state index in [0.29, 0.717) is 28.3 Å². The van der Waals surface area contributed by atoms with Gasteiger partial charge in [-0.05, 0) is 62.2 Å². The minimum absolute atomic E-state index is 0.00322. The zero-order valence-electron chi connectivity index (χ0n) is 21.3. The quantitative estimate of drug-likeness (QED) is 0.347. The lowest BCUT2D eigenvalue weighted by atomic mass is 9.96. The number of aromatic amines is 1. The standard InChI is InChI=1S/C27H24F3N3O5S/c1-14-16(3)38-26(32-14)21-13-22(24(34)31-15(21)2)25(35)33-23(17-8-10-20(11-9-17)39(4,36)37)18-6-5-7-19(12-18)27(28,29)30/h5-13,23H,1-4H3,(H,31,34)(H,33,35). The maximum Gasteiger partial charge on any atom is 0.416 e. The lowest BCUT2D eigenvalue weighted by Gasteiger charge is -2.21. The van der Waals surface area contributed by atoms with Crippen molar-refractivity contribution in [3.05, 3.63) is 104 Å². The molecule has 0 bridgehead atoms. The highest BCUT2D eigenvalue weighted by Gasteiger charge is 2.31. The molecule has 0 aliphatic rings. The normalized spacial score (nSPS) is 12.8. The van der Waals surface area contributed by atoms with E-state index in [9.17, 15) is 31.2 Å². The fourth-order valence-corrected chi connectivity index (χ4v) is 4.60. The Labute approximate surface area is 221 Å². The molecule has 204 valence electrons. The third-order valence-electron chi connectivity index (χ3n) is 6.21. The smallest absolute Gasteiger partial charge is 0.416 e. The van der Waals surface area contributed by atoms with Crippen LogP contribution in [0.3, 0.4) is 0 Å². The van der Waals surface area contributed by atoms with Gasteiger partial charge in [-0.3, -0.25) is 9.59 Å². The number of aromatic nitrogens is 2. The molecule has 2 aromatic carbocycles. The number of oxazole rings is 1. The van der Waals surface area contributed by atoms with Crippen molar-refractivity contribution in [1.29, 1.82) is 0 Å². The highest BCUT2D eigenvalue weighted by molar-refractivity contribution is 7.90. The van der Waals surface area contributed by atoms with Gasteiger partial charge in [-0.15, -0.1) is 0 Å². The first kappa shape index (κ1) is 27.8. The number of carbonyl (C=O) groups is 1. The molecule has 12 heteroatoms. The van der Waals surface area contributed by atoms with Crippen LogP contribution in [-0.4, -0.2) is 30.5 Å². The minimum Gasteiger partial charge on any atom is -0.441 e. The summed E-state index contributed by atoms with van der Waals surface area (Å²) in [5, 5.41) is 2.63. The van der Waals surface area contributed by atoms with Crippen molar-refractivity contribution >= 4 is 15.7 Å². The molecule has 1 atom stereocenters. The Morgan fingerprint density at radius 2 is 1.69 bits per heavy atom. The van der Waals surface area contributed by atoms with Crippen molar-refractivity contribution < 1.29 is 30.8 Å². The third-order valence-corrected chi connectivity index (χ3v) is 7.33. The van der Waals surface area contributed by atoms with Gasteiger partial charge in [0.25, 0.3) is 11.5 Å². The van der Waals surface area contributed by atoms with Crippen LogP contribution in [0.2, 0.25) is 0 Å². The number of nitrogens with zero attached hydrogens (tertiary/aromatic N) is 1. The van der Waals surface area contributed by atoms with Crippen LogP contribution in [0.5, 0.6) is 0 Å². The van der Waals surface area contributed by atoms with Gasteiger partial charge < -0.3 is 14.7 Å². The molecule has 8 nitrogen and oxygen atoms in total. The number of amides is 1. The summed E-state index contributed by atoms with van der Waals surface area (Å²) in [6.07, 6.45) is -3.62. The van der Waals surface area contributed by atoms with Gasteiger partial charge in [0.1, 0.15) is 11.3 Å². The Hall–Kier alpha value is -4.19. The second kappa shape index (κ2) is 10.2. The van der Waals surface area contributed by atoms with Gasteiger partial charge in [-0.1, -0.05) is 24.3 Å². The van der Waals surface area contributed by atoms with Crippen molar-refractivity contribution in [2.45, 2.75) is 37.9 Å². The molecule has 0 saturated heterocycles. The molecule has 2 N–H and O–H groups in total. The largest absolute Gasteiger partial charge is 0.441 e. The monoisotopic (exact) mass is 559 g/mol. The molecule has 0 spiro atoms. The number of rotatable bonds is 6. The number of carbonyl (C=O) groups excluding carboxylic acids is 1. The van der Waals surface area contributed by atoms with Gasteiger partial charge in [-0.25, -0.2) is 13.4 Å². The molecule has 1 unspecified atom stereocenters. The first-order chi connectivity index (χ1) is 18.1. The molecule has 0 aliphatic heterocycles. The molecule has 0 fully saturated rings. The SMILES string of the molecule is Cc1nc(-c2cc(C(=O)NC(c3ccc(S(C)(=O)=O)cc3)c3cccc(C(F)(F)F)c3)c(=O)[nH]c2C)oc1C. The summed E-state index contributed by atoms with van der Waals surface area (Å²) in [6.45, 7) is 5.07. The van der Waals surface area contributed by atoms with Crippen LogP contribution in [0, 0.1) is 20.8 Å². The molecule has 39 heavy (non-hydrogen) atoms. The highest BCUT2D eigenvalue weighted by atomic mass is 32.2. The number of hydrogen-bond acceptors (Lipinski definition) is 6. The number of H-pyrrole nitrogens is 1. The second-order valence-corrected chi connectivity index (χ2v) is 11.1. The molecule has 0 saturated carbocycles. The topological polar surface area (TPSA) is 122 Å². The zero-order valence-corrected chi connectivity index (χ0v) is 22.1. The average Bonchev–Trinajstić information content (AvgIpc) is 3.19. The van der Waals surface area contributed by atoms with E-state index in [1.165, 1.54) is 42.5 Å². The Morgan fingerprint density at radius 3 is 2.26 bits per heavy atom. The summed E-state index contributed by atoms with van der Waals surface area (Å²) in [7, 11) is -3.54. The van der Waals surface area contributed by atoms with Crippen LogP contribution in [0.1, 0.15) is 50.2 Å². The van der Waals surface area contributed by atoms with Crippen molar-refractivity contribution in [3.8, 4) is 11.5 Å². The predicted octanol–water partition coefficient (Wildman–Crippen LogP) is 4.90. The Morgan fingerprint density at radius 1 is 1.03 bits per heavy atom. The van der Waals surface area contributed by atoms with Gasteiger partial charge in [0.05, 0.1) is 27.8 Å². The van der Waals surface area contributed by atoms with E-state index >= 15 is 0 Å². The van der Waals surface area contributed by atoms with Gasteiger partial charge in [0.15, 0.2) is 9.84 Å². The molecular weight excluding hydrogens is 535 g/mol. The minimum atomic E-state index is -4.64. The van der Waals surface area contributed by atoms with Gasteiger partial charge in [-0.2, -0.15) is 13.2 Å². The molecule has 0 aliphatic carbocycles. The first-order valence-corrected chi connectivity index (χ1v) is 13.5. The average molecular weight is 560 g/mol. The molecule has 1 amide bonds. The number of halogens is 3. The van der Waals surface area contributed by atoms with Crippen molar-refractivity contribution in [2.75, 3.05) is 6.26 Å². The third kappa shape index (κ3) is 5.95. The molecule has 0 radical (unpaired) electrons. The van der Waals surface area contributed by atoms with E-state index in [-0.39, 0.29) is 21.9 Å². The van der Waals surface area contributed by atoms with E-state index < -0.39 is 39.1 Å². The molecule has 4 rings (SSSR count). The van der Waals surface area contributed by atoms with Crippen LogP contribution >= 0.6 is 0 Å². The Kier molecular flexibility index (Phi) is 7.26. The fourth-order valence-electron chi connectivity index (χ4n) is 3.97. The second-order valence-electron chi connectivity index (χ2n) is 9.08. The van der Waals surface area contributed by atoms with E-state index in [4.69, 9.17) is 4.42 Å². The molecule has 2 heterocycles. The first-order valence-electron chi connectivity index (χ1n) is 11.6. The van der Waals surface area contributed by atoms with Crippen LogP contribution in [0.4, 0.5) is 13.2 Å². The van der Waals surface area contributed by atoms with Crippen molar-refractivity contribution in [1.82, 2.24) is 15.3 Å². The summed E-state index contributed by atoms with van der Waals surface area (Å²) in [4.78, 5) is 33.0. The number of alkyl halides is 3. The lowest BCUT2D eigenvalue weighted by molar-refractivity contribution is -0.137. The Balaban J connectivity index is 1.79. The molecule has 2 aromatic heterocycles. The summed E-state index contributed by atoms with van der Waals surface area (Å²) in [6, 6.07) is 9.91. The van der Waals surface area contributed by atoms with Gasteiger partial charge >= 0.3 is 6.18 Å². The van der Waals surface area contributed by atoms with E-state index in [2.05, 4.69) is 15.3 Å². The van der Waals surface area contributed by atoms with E-state index in [1.54, 1.807) is 20.8 Å².